The number of halogens is 1. The van der Waals surface area contributed by atoms with Crippen LogP contribution in [0.1, 0.15) is 35.9 Å². The minimum atomic E-state index is 0.132. The smallest absolute Gasteiger partial charge is 0.254 e. The largest absolute Gasteiger partial charge is 0.339 e. The van der Waals surface area contributed by atoms with Crippen LogP contribution >= 0.6 is 15.9 Å². The summed E-state index contributed by atoms with van der Waals surface area (Å²) in [6.45, 7) is 4.82. The lowest BCUT2D eigenvalue weighted by Gasteiger charge is -2.32. The molecule has 1 aromatic carbocycles. The summed E-state index contributed by atoms with van der Waals surface area (Å²) in [4.78, 5) is 19.0. The molecule has 2 heterocycles. The van der Waals surface area contributed by atoms with Crippen molar-refractivity contribution in [3.8, 4) is 0 Å². The van der Waals surface area contributed by atoms with E-state index in [1.165, 1.54) is 0 Å². The zero-order valence-electron chi connectivity index (χ0n) is 13.4. The average molecular weight is 376 g/mol. The van der Waals surface area contributed by atoms with Gasteiger partial charge in [-0.1, -0.05) is 19.1 Å². The minimum absolute atomic E-state index is 0.132. The van der Waals surface area contributed by atoms with Gasteiger partial charge in [0, 0.05) is 42.9 Å². The third kappa shape index (κ3) is 3.66. The fourth-order valence-corrected chi connectivity index (χ4v) is 3.68. The maximum atomic E-state index is 12.6. The number of carbonyl (C=O) groups is 1. The molecule has 1 amide bonds. The molecule has 4 nitrogen and oxygen atoms in total. The summed E-state index contributed by atoms with van der Waals surface area (Å²) >= 11 is 3.47. The molecule has 0 spiro atoms. The van der Waals surface area contributed by atoms with E-state index < -0.39 is 0 Å². The van der Waals surface area contributed by atoms with E-state index in [9.17, 15) is 4.79 Å². The van der Waals surface area contributed by atoms with Crippen LogP contribution in [0.3, 0.4) is 0 Å². The van der Waals surface area contributed by atoms with Crippen LogP contribution in [0.5, 0.6) is 0 Å². The van der Waals surface area contributed by atoms with Crippen molar-refractivity contribution < 1.29 is 4.79 Å². The van der Waals surface area contributed by atoms with Gasteiger partial charge in [-0.15, -0.1) is 0 Å². The average Bonchev–Trinajstić information content (AvgIpc) is 3.02. The molecule has 1 fully saturated rings. The predicted molar refractivity (Wildman–Crippen MR) is 94.4 cm³/mol. The highest BCUT2D eigenvalue weighted by molar-refractivity contribution is 9.10. The van der Waals surface area contributed by atoms with E-state index in [4.69, 9.17) is 0 Å². The number of rotatable bonds is 4. The van der Waals surface area contributed by atoms with Crippen molar-refractivity contribution >= 4 is 21.8 Å². The Morgan fingerprint density at radius 1 is 1.30 bits per heavy atom. The zero-order chi connectivity index (χ0) is 16.2. The Hall–Kier alpha value is -1.62. The molecule has 0 radical (unpaired) electrons. The number of nitrogens with zero attached hydrogens (tertiary/aromatic N) is 3. The van der Waals surface area contributed by atoms with Gasteiger partial charge in [-0.3, -0.25) is 4.79 Å². The second-order valence-electron chi connectivity index (χ2n) is 6.06. The number of piperidine rings is 1. The van der Waals surface area contributed by atoms with Gasteiger partial charge < -0.3 is 9.47 Å². The number of aryl methyl sites for hydroxylation is 1. The lowest BCUT2D eigenvalue weighted by atomic mass is 9.96. The second kappa shape index (κ2) is 7.30. The van der Waals surface area contributed by atoms with Crippen LogP contribution < -0.4 is 0 Å². The first kappa shape index (κ1) is 16.2. The number of amides is 1. The number of hydrogen-bond acceptors (Lipinski definition) is 2. The molecule has 23 heavy (non-hydrogen) atoms. The van der Waals surface area contributed by atoms with Crippen LogP contribution in [-0.4, -0.2) is 33.4 Å². The molecule has 1 saturated heterocycles. The molecule has 1 aromatic heterocycles. The zero-order valence-corrected chi connectivity index (χ0v) is 15.0. The molecular formula is C18H22BrN3O. The highest BCUT2D eigenvalue weighted by atomic mass is 79.9. The quantitative estimate of drug-likeness (QED) is 0.815. The van der Waals surface area contributed by atoms with Crippen LogP contribution in [0.4, 0.5) is 0 Å². The SMILES string of the molecule is CCc1nccn1CC1CCN(C(=O)c2ccccc2Br)CC1. The summed E-state index contributed by atoms with van der Waals surface area (Å²) in [5.74, 6) is 1.90. The highest BCUT2D eigenvalue weighted by Gasteiger charge is 2.25. The third-order valence-electron chi connectivity index (χ3n) is 4.58. The second-order valence-corrected chi connectivity index (χ2v) is 6.92. The van der Waals surface area contributed by atoms with Crippen LogP contribution in [0.25, 0.3) is 0 Å². The van der Waals surface area contributed by atoms with Crippen LogP contribution in [0.15, 0.2) is 41.1 Å². The number of benzene rings is 1. The molecule has 0 bridgehead atoms. The monoisotopic (exact) mass is 375 g/mol. The number of likely N-dealkylation sites (tertiary alicyclic amines) is 1. The van der Waals surface area contributed by atoms with Gasteiger partial charge in [-0.25, -0.2) is 4.98 Å². The summed E-state index contributed by atoms with van der Waals surface area (Å²) in [5, 5.41) is 0. The summed E-state index contributed by atoms with van der Waals surface area (Å²) in [6.07, 6.45) is 7.02. The van der Waals surface area contributed by atoms with Gasteiger partial charge in [0.15, 0.2) is 0 Å². The Bertz CT molecular complexity index is 674. The van der Waals surface area contributed by atoms with Crippen LogP contribution in [0.2, 0.25) is 0 Å². The van der Waals surface area contributed by atoms with E-state index in [0.717, 1.165) is 54.8 Å². The Labute approximate surface area is 145 Å². The Kier molecular flexibility index (Phi) is 5.16. The Balaban J connectivity index is 1.58. The summed E-state index contributed by atoms with van der Waals surface area (Å²) in [7, 11) is 0. The highest BCUT2D eigenvalue weighted by Crippen LogP contribution is 2.24. The van der Waals surface area contributed by atoms with Gasteiger partial charge in [0.05, 0.1) is 5.56 Å². The van der Waals surface area contributed by atoms with Crippen molar-refractivity contribution in [2.45, 2.75) is 32.7 Å². The van der Waals surface area contributed by atoms with Gasteiger partial charge >= 0.3 is 0 Å². The molecule has 0 aliphatic carbocycles. The summed E-state index contributed by atoms with van der Waals surface area (Å²) < 4.78 is 3.13. The normalized spacial score (nSPS) is 15.8. The number of hydrogen-bond donors (Lipinski definition) is 0. The van der Waals surface area contributed by atoms with Gasteiger partial charge in [-0.2, -0.15) is 0 Å². The van der Waals surface area contributed by atoms with E-state index in [2.05, 4.69) is 38.6 Å². The number of imidazole rings is 1. The molecule has 1 aliphatic heterocycles. The van der Waals surface area contributed by atoms with Crippen molar-refractivity contribution in [1.29, 1.82) is 0 Å². The molecule has 2 aromatic rings. The van der Waals surface area contributed by atoms with E-state index in [1.807, 2.05) is 35.4 Å². The molecule has 3 rings (SSSR count). The number of carbonyl (C=O) groups excluding carboxylic acids is 1. The Morgan fingerprint density at radius 2 is 2.04 bits per heavy atom. The van der Waals surface area contributed by atoms with E-state index in [1.54, 1.807) is 0 Å². The van der Waals surface area contributed by atoms with Crippen LogP contribution in [-0.2, 0) is 13.0 Å². The van der Waals surface area contributed by atoms with Crippen molar-refractivity contribution in [2.75, 3.05) is 13.1 Å². The van der Waals surface area contributed by atoms with Crippen molar-refractivity contribution in [1.82, 2.24) is 14.5 Å². The Morgan fingerprint density at radius 3 is 2.74 bits per heavy atom. The van der Waals surface area contributed by atoms with Gasteiger partial charge in [0.2, 0.25) is 0 Å². The lowest BCUT2D eigenvalue weighted by Crippen LogP contribution is -2.39. The first-order valence-electron chi connectivity index (χ1n) is 8.23. The van der Waals surface area contributed by atoms with Gasteiger partial charge in [0.25, 0.3) is 5.91 Å². The van der Waals surface area contributed by atoms with Gasteiger partial charge in [0.1, 0.15) is 5.82 Å². The predicted octanol–water partition coefficient (Wildman–Crippen LogP) is 3.76. The standard InChI is InChI=1S/C18H22BrN3O/c1-2-17-20-9-12-22(17)13-14-7-10-21(11-8-14)18(23)15-5-3-4-6-16(15)19/h3-6,9,12,14H,2,7-8,10-11,13H2,1H3. The van der Waals surface area contributed by atoms with E-state index >= 15 is 0 Å². The van der Waals surface area contributed by atoms with Crippen LogP contribution in [0, 0.1) is 5.92 Å². The van der Waals surface area contributed by atoms with Gasteiger partial charge in [-0.05, 0) is 46.8 Å². The molecule has 122 valence electrons. The third-order valence-corrected chi connectivity index (χ3v) is 5.27. The molecule has 0 atom stereocenters. The topological polar surface area (TPSA) is 38.1 Å². The molecule has 1 aliphatic rings. The molecule has 0 unspecified atom stereocenters. The van der Waals surface area contributed by atoms with Crippen molar-refractivity contribution in [3.05, 3.63) is 52.5 Å². The molecular weight excluding hydrogens is 354 g/mol. The fourth-order valence-electron chi connectivity index (χ4n) is 3.22. The van der Waals surface area contributed by atoms with Crippen molar-refractivity contribution in [2.24, 2.45) is 5.92 Å². The number of aromatic nitrogens is 2. The first-order chi connectivity index (χ1) is 11.2. The minimum Gasteiger partial charge on any atom is -0.339 e. The summed E-state index contributed by atoms with van der Waals surface area (Å²) in [6, 6.07) is 7.66. The van der Waals surface area contributed by atoms with E-state index in [-0.39, 0.29) is 5.91 Å². The summed E-state index contributed by atoms with van der Waals surface area (Å²) in [5.41, 5.74) is 0.758. The molecule has 0 saturated carbocycles. The fraction of sp³-hybridized carbons (Fsp3) is 0.444. The maximum Gasteiger partial charge on any atom is 0.254 e. The first-order valence-corrected chi connectivity index (χ1v) is 9.02. The maximum absolute atomic E-state index is 12.6. The lowest BCUT2D eigenvalue weighted by molar-refractivity contribution is 0.0681. The molecule has 0 N–H and O–H groups in total. The molecule has 5 heteroatoms. The van der Waals surface area contributed by atoms with E-state index in [0.29, 0.717) is 5.92 Å². The van der Waals surface area contributed by atoms with Crippen molar-refractivity contribution in [3.63, 3.8) is 0 Å².